The average Bonchev–Trinajstić information content (AvgIpc) is 3.31. The highest BCUT2D eigenvalue weighted by Crippen LogP contribution is 2.37. The highest BCUT2D eigenvalue weighted by Gasteiger charge is 2.27. The minimum absolute atomic E-state index is 0.102. The summed E-state index contributed by atoms with van der Waals surface area (Å²) in [6.45, 7) is 8.49. The number of hydrogen-bond acceptors (Lipinski definition) is 3. The van der Waals surface area contributed by atoms with E-state index in [0.29, 0.717) is 6.61 Å². The largest absolute Gasteiger partial charge is 0.382 e. The number of hydrogen-bond donors (Lipinski definition) is 2. The van der Waals surface area contributed by atoms with Gasteiger partial charge in [-0.25, -0.2) is 4.98 Å². The monoisotopic (exact) mass is 422 g/mol. The second-order valence-electron chi connectivity index (χ2n) is 8.56. The number of fused-ring (bicyclic) bond motifs is 1. The Kier molecular flexibility index (Phi) is 6.76. The Morgan fingerprint density at radius 1 is 1.23 bits per heavy atom. The molecule has 0 atom stereocenters. The van der Waals surface area contributed by atoms with Gasteiger partial charge in [-0.15, -0.1) is 0 Å². The van der Waals surface area contributed by atoms with E-state index in [2.05, 4.69) is 28.7 Å². The zero-order valence-electron chi connectivity index (χ0n) is 19.0. The third-order valence-electron chi connectivity index (χ3n) is 6.55. The first-order valence-electron chi connectivity index (χ1n) is 11.6. The molecule has 1 fully saturated rings. The van der Waals surface area contributed by atoms with E-state index in [4.69, 9.17) is 9.72 Å². The van der Waals surface area contributed by atoms with Gasteiger partial charge in [0.25, 0.3) is 0 Å². The molecule has 4 rings (SSSR count). The summed E-state index contributed by atoms with van der Waals surface area (Å²) in [6, 6.07) is 8.05. The van der Waals surface area contributed by atoms with Crippen LogP contribution in [0.25, 0.3) is 22.4 Å². The standard InChI is InChI=1S/C25H34N4O2/c1-4-31-16-10-15-29-18(3)17(2)22(23-26-20-13-8-9-14-21(20)27-23)24(29)28-25(30)19-11-6-5-7-12-19/h8-9,13-14,19H,4-7,10-12,15-16H2,1-3H3,(H,26,27)(H,28,30). The van der Waals surface area contributed by atoms with Crippen molar-refractivity contribution in [2.24, 2.45) is 5.92 Å². The summed E-state index contributed by atoms with van der Waals surface area (Å²) in [4.78, 5) is 21.5. The van der Waals surface area contributed by atoms with Crippen LogP contribution in [0.1, 0.15) is 56.7 Å². The van der Waals surface area contributed by atoms with Gasteiger partial charge in [-0.2, -0.15) is 0 Å². The molecule has 6 heteroatoms. The number of benzene rings is 1. The van der Waals surface area contributed by atoms with Gasteiger partial charge >= 0.3 is 0 Å². The molecule has 1 amide bonds. The molecule has 2 heterocycles. The second kappa shape index (κ2) is 9.69. The van der Waals surface area contributed by atoms with Crippen LogP contribution in [0.15, 0.2) is 24.3 Å². The zero-order chi connectivity index (χ0) is 21.8. The first-order chi connectivity index (χ1) is 15.1. The smallest absolute Gasteiger partial charge is 0.228 e. The lowest BCUT2D eigenvalue weighted by atomic mass is 9.88. The molecule has 0 radical (unpaired) electrons. The molecule has 2 N–H and O–H groups in total. The Hall–Kier alpha value is -2.60. The van der Waals surface area contributed by atoms with E-state index in [0.717, 1.165) is 84.8 Å². The molecule has 0 spiro atoms. The number of aromatic nitrogens is 3. The molecule has 2 aromatic heterocycles. The summed E-state index contributed by atoms with van der Waals surface area (Å²) in [5.74, 6) is 1.91. The van der Waals surface area contributed by atoms with Gasteiger partial charge in [0.2, 0.25) is 5.91 Å². The molecule has 1 aliphatic rings. The van der Waals surface area contributed by atoms with Crippen molar-refractivity contribution in [1.82, 2.24) is 14.5 Å². The number of aromatic amines is 1. The molecular weight excluding hydrogens is 388 g/mol. The fourth-order valence-electron chi connectivity index (χ4n) is 4.69. The van der Waals surface area contributed by atoms with Crippen molar-refractivity contribution in [2.45, 2.75) is 65.8 Å². The van der Waals surface area contributed by atoms with Crippen LogP contribution in [-0.2, 0) is 16.1 Å². The first-order valence-corrected chi connectivity index (χ1v) is 11.6. The van der Waals surface area contributed by atoms with Crippen molar-refractivity contribution in [3.05, 3.63) is 35.5 Å². The predicted molar refractivity (Wildman–Crippen MR) is 125 cm³/mol. The number of imidazole rings is 1. The highest BCUT2D eigenvalue weighted by molar-refractivity contribution is 5.97. The number of rotatable bonds is 8. The number of anilines is 1. The van der Waals surface area contributed by atoms with Crippen molar-refractivity contribution >= 4 is 22.8 Å². The van der Waals surface area contributed by atoms with Crippen molar-refractivity contribution in [3.8, 4) is 11.4 Å². The summed E-state index contributed by atoms with van der Waals surface area (Å²) < 4.78 is 7.79. The predicted octanol–water partition coefficient (Wildman–Crippen LogP) is 5.59. The van der Waals surface area contributed by atoms with Crippen LogP contribution in [0.3, 0.4) is 0 Å². The lowest BCUT2D eigenvalue weighted by Gasteiger charge is -2.22. The molecule has 0 bridgehead atoms. The Balaban J connectivity index is 1.72. The third kappa shape index (κ3) is 4.54. The molecule has 1 saturated carbocycles. The van der Waals surface area contributed by atoms with Gasteiger partial charge in [-0.3, -0.25) is 4.79 Å². The zero-order valence-corrected chi connectivity index (χ0v) is 19.0. The normalized spacial score (nSPS) is 14.9. The van der Waals surface area contributed by atoms with Crippen LogP contribution in [-0.4, -0.2) is 33.7 Å². The number of nitrogens with one attached hydrogen (secondary N) is 2. The number of H-pyrrole nitrogens is 1. The quantitative estimate of drug-likeness (QED) is 0.465. The maximum atomic E-state index is 13.2. The highest BCUT2D eigenvalue weighted by atomic mass is 16.5. The molecule has 6 nitrogen and oxygen atoms in total. The van der Waals surface area contributed by atoms with E-state index >= 15 is 0 Å². The third-order valence-corrected chi connectivity index (χ3v) is 6.55. The lowest BCUT2D eigenvalue weighted by Crippen LogP contribution is -2.26. The number of carbonyl (C=O) groups excluding carboxylic acids is 1. The average molecular weight is 423 g/mol. The maximum Gasteiger partial charge on any atom is 0.228 e. The molecule has 0 aliphatic heterocycles. The van der Waals surface area contributed by atoms with Crippen molar-refractivity contribution in [3.63, 3.8) is 0 Å². The Morgan fingerprint density at radius 3 is 2.74 bits per heavy atom. The molecule has 1 aliphatic carbocycles. The van der Waals surface area contributed by atoms with Gasteiger partial charge in [0, 0.05) is 31.4 Å². The van der Waals surface area contributed by atoms with Crippen molar-refractivity contribution < 1.29 is 9.53 Å². The minimum Gasteiger partial charge on any atom is -0.382 e. The van der Waals surface area contributed by atoms with Crippen molar-refractivity contribution in [2.75, 3.05) is 18.5 Å². The van der Waals surface area contributed by atoms with Gasteiger partial charge in [-0.05, 0) is 57.7 Å². The molecular formula is C25H34N4O2. The van der Waals surface area contributed by atoms with E-state index in [1.807, 2.05) is 31.2 Å². The topological polar surface area (TPSA) is 71.9 Å². The van der Waals surface area contributed by atoms with Crippen LogP contribution >= 0.6 is 0 Å². The number of ether oxygens (including phenoxy) is 1. The fraction of sp³-hybridized carbons (Fsp3) is 0.520. The molecule has 0 saturated heterocycles. The van der Waals surface area contributed by atoms with Crippen LogP contribution in [0, 0.1) is 19.8 Å². The summed E-state index contributed by atoms with van der Waals surface area (Å²) >= 11 is 0. The first kappa shape index (κ1) is 21.6. The number of carbonyl (C=O) groups is 1. The number of amides is 1. The number of para-hydroxylation sites is 2. The Bertz CT molecular complexity index is 1010. The van der Waals surface area contributed by atoms with E-state index in [1.54, 1.807) is 0 Å². The molecule has 1 aromatic carbocycles. The number of nitrogens with zero attached hydrogens (tertiary/aromatic N) is 2. The summed E-state index contributed by atoms with van der Waals surface area (Å²) in [5, 5.41) is 3.32. The van der Waals surface area contributed by atoms with E-state index in [9.17, 15) is 4.79 Å². The van der Waals surface area contributed by atoms with Crippen LogP contribution in [0.2, 0.25) is 0 Å². The molecule has 31 heavy (non-hydrogen) atoms. The molecule has 166 valence electrons. The Labute approximate surface area is 184 Å². The van der Waals surface area contributed by atoms with Crippen LogP contribution < -0.4 is 5.32 Å². The van der Waals surface area contributed by atoms with E-state index in [-0.39, 0.29) is 11.8 Å². The minimum atomic E-state index is 0.102. The van der Waals surface area contributed by atoms with Gasteiger partial charge in [-0.1, -0.05) is 31.4 Å². The molecule has 3 aromatic rings. The van der Waals surface area contributed by atoms with Gasteiger partial charge < -0.3 is 19.6 Å². The van der Waals surface area contributed by atoms with Gasteiger partial charge in [0.1, 0.15) is 11.6 Å². The maximum absolute atomic E-state index is 13.2. The van der Waals surface area contributed by atoms with Crippen molar-refractivity contribution in [1.29, 1.82) is 0 Å². The summed E-state index contributed by atoms with van der Waals surface area (Å²) in [7, 11) is 0. The molecule has 0 unspecified atom stereocenters. The van der Waals surface area contributed by atoms with Gasteiger partial charge in [0.05, 0.1) is 16.6 Å². The van der Waals surface area contributed by atoms with Gasteiger partial charge in [0.15, 0.2) is 0 Å². The lowest BCUT2D eigenvalue weighted by molar-refractivity contribution is -0.120. The fourth-order valence-corrected chi connectivity index (χ4v) is 4.69. The van der Waals surface area contributed by atoms with E-state index in [1.165, 1.54) is 6.42 Å². The van der Waals surface area contributed by atoms with E-state index < -0.39 is 0 Å². The second-order valence-corrected chi connectivity index (χ2v) is 8.56. The van der Waals surface area contributed by atoms with Crippen LogP contribution in [0.4, 0.5) is 5.82 Å². The van der Waals surface area contributed by atoms with Crippen LogP contribution in [0.5, 0.6) is 0 Å². The summed E-state index contributed by atoms with van der Waals surface area (Å²) in [5.41, 5.74) is 5.24. The Morgan fingerprint density at radius 2 is 2.00 bits per heavy atom. The summed E-state index contributed by atoms with van der Waals surface area (Å²) in [6.07, 6.45) is 6.38. The SMILES string of the molecule is CCOCCCn1c(C)c(C)c(-c2nc3ccccc3[nH]2)c1NC(=O)C1CCCCC1.